The molecule has 0 spiro atoms. The molecule has 1 aromatic heterocycles. The van der Waals surface area contributed by atoms with E-state index < -0.39 is 0 Å². The summed E-state index contributed by atoms with van der Waals surface area (Å²) in [6.07, 6.45) is 0. The van der Waals surface area contributed by atoms with Gasteiger partial charge in [0.2, 0.25) is 0 Å². The highest BCUT2D eigenvalue weighted by Gasteiger charge is 2.26. The lowest BCUT2D eigenvalue weighted by molar-refractivity contribution is 0.0487. The minimum atomic E-state index is 0.302. The van der Waals surface area contributed by atoms with Gasteiger partial charge in [-0.1, -0.05) is 29.8 Å². The number of halogens is 1. The van der Waals surface area contributed by atoms with Crippen molar-refractivity contribution in [3.05, 3.63) is 34.2 Å². The number of benzene rings is 1. The van der Waals surface area contributed by atoms with Crippen molar-refractivity contribution < 1.29 is 5.11 Å². The van der Waals surface area contributed by atoms with Crippen LogP contribution < -0.4 is 0 Å². The Morgan fingerprint density at radius 2 is 2.12 bits per heavy atom. The van der Waals surface area contributed by atoms with E-state index in [1.807, 2.05) is 12.1 Å². The van der Waals surface area contributed by atoms with Gasteiger partial charge in [-0.05, 0) is 6.07 Å². The van der Waals surface area contributed by atoms with Crippen molar-refractivity contribution in [2.75, 3.05) is 19.7 Å². The number of hydrogen-bond donors (Lipinski definition) is 1. The van der Waals surface area contributed by atoms with E-state index in [0.717, 1.165) is 30.0 Å². The van der Waals surface area contributed by atoms with Crippen molar-refractivity contribution in [1.29, 1.82) is 0 Å². The SMILES string of the molecule is OCC1CN(Cc2sc3ccccc3c2Cl)C1. The maximum Gasteiger partial charge on any atom is 0.0637 e. The van der Waals surface area contributed by atoms with Gasteiger partial charge in [0.1, 0.15) is 0 Å². The van der Waals surface area contributed by atoms with Gasteiger partial charge in [0, 0.05) is 47.1 Å². The van der Waals surface area contributed by atoms with Crippen LogP contribution in [0.5, 0.6) is 0 Å². The lowest BCUT2D eigenvalue weighted by atomic mass is 10.0. The number of fused-ring (bicyclic) bond motifs is 1. The summed E-state index contributed by atoms with van der Waals surface area (Å²) in [5.74, 6) is 0.461. The van der Waals surface area contributed by atoms with Crippen LogP contribution in [-0.2, 0) is 6.54 Å². The molecule has 0 amide bonds. The molecule has 1 N–H and O–H groups in total. The van der Waals surface area contributed by atoms with E-state index in [4.69, 9.17) is 16.7 Å². The van der Waals surface area contributed by atoms with Crippen LogP contribution in [0, 0.1) is 5.92 Å². The van der Waals surface area contributed by atoms with Crippen molar-refractivity contribution in [2.45, 2.75) is 6.54 Å². The Kier molecular flexibility index (Phi) is 3.09. The molecule has 4 heteroatoms. The zero-order valence-corrected chi connectivity index (χ0v) is 11.0. The maximum atomic E-state index is 8.99. The number of likely N-dealkylation sites (tertiary alicyclic amines) is 1. The fraction of sp³-hybridized carbons (Fsp3) is 0.385. The smallest absolute Gasteiger partial charge is 0.0637 e. The van der Waals surface area contributed by atoms with E-state index >= 15 is 0 Å². The quantitative estimate of drug-likeness (QED) is 0.924. The van der Waals surface area contributed by atoms with Crippen LogP contribution in [0.25, 0.3) is 10.1 Å². The van der Waals surface area contributed by atoms with E-state index in [2.05, 4.69) is 17.0 Å². The molecule has 0 saturated carbocycles. The summed E-state index contributed by atoms with van der Waals surface area (Å²) < 4.78 is 1.26. The number of aliphatic hydroxyl groups is 1. The predicted molar refractivity (Wildman–Crippen MR) is 72.7 cm³/mol. The third-order valence-electron chi connectivity index (χ3n) is 3.26. The van der Waals surface area contributed by atoms with Crippen molar-refractivity contribution in [2.24, 2.45) is 5.92 Å². The van der Waals surface area contributed by atoms with Crippen LogP contribution >= 0.6 is 22.9 Å². The van der Waals surface area contributed by atoms with Gasteiger partial charge in [-0.25, -0.2) is 0 Å². The summed E-state index contributed by atoms with van der Waals surface area (Å²) >= 11 is 8.16. The first kappa shape index (κ1) is 11.5. The average molecular weight is 268 g/mol. The van der Waals surface area contributed by atoms with Gasteiger partial charge >= 0.3 is 0 Å². The van der Waals surface area contributed by atoms with Crippen molar-refractivity contribution in [3.8, 4) is 0 Å². The normalized spacial score (nSPS) is 17.5. The van der Waals surface area contributed by atoms with Gasteiger partial charge < -0.3 is 5.11 Å². The number of aliphatic hydroxyl groups excluding tert-OH is 1. The van der Waals surface area contributed by atoms with Crippen LogP contribution in [0.15, 0.2) is 24.3 Å². The third kappa shape index (κ3) is 2.08. The predicted octanol–water partition coefficient (Wildman–Crippen LogP) is 2.98. The first-order valence-electron chi connectivity index (χ1n) is 5.77. The highest BCUT2D eigenvalue weighted by Crippen LogP contribution is 2.36. The molecule has 1 fully saturated rings. The maximum absolute atomic E-state index is 8.99. The Hall–Kier alpha value is -0.610. The fourth-order valence-electron chi connectivity index (χ4n) is 2.29. The highest BCUT2D eigenvalue weighted by atomic mass is 35.5. The van der Waals surface area contributed by atoms with E-state index in [9.17, 15) is 0 Å². The van der Waals surface area contributed by atoms with Crippen LogP contribution in [0.1, 0.15) is 4.88 Å². The van der Waals surface area contributed by atoms with Gasteiger partial charge in [0.15, 0.2) is 0 Å². The molecule has 1 aliphatic heterocycles. The molecule has 1 saturated heterocycles. The minimum Gasteiger partial charge on any atom is -0.396 e. The molecule has 1 aromatic carbocycles. The van der Waals surface area contributed by atoms with Crippen LogP contribution in [0.4, 0.5) is 0 Å². The molecular formula is C13H14ClNOS. The second-order valence-electron chi connectivity index (χ2n) is 4.58. The molecule has 0 atom stereocenters. The molecule has 2 nitrogen and oxygen atoms in total. The molecule has 0 aliphatic carbocycles. The van der Waals surface area contributed by atoms with Crippen LogP contribution in [0.3, 0.4) is 0 Å². The Morgan fingerprint density at radius 1 is 1.35 bits per heavy atom. The number of nitrogens with zero attached hydrogens (tertiary/aromatic N) is 1. The summed E-state index contributed by atoms with van der Waals surface area (Å²) in [6, 6.07) is 8.26. The first-order chi connectivity index (χ1) is 8.28. The summed E-state index contributed by atoms with van der Waals surface area (Å²) in [7, 11) is 0. The van der Waals surface area contributed by atoms with Crippen molar-refractivity contribution in [3.63, 3.8) is 0 Å². The van der Waals surface area contributed by atoms with Gasteiger partial charge in [-0.3, -0.25) is 4.90 Å². The first-order valence-corrected chi connectivity index (χ1v) is 6.96. The summed E-state index contributed by atoms with van der Waals surface area (Å²) in [4.78, 5) is 3.57. The van der Waals surface area contributed by atoms with E-state index in [0.29, 0.717) is 12.5 Å². The van der Waals surface area contributed by atoms with Crippen LogP contribution in [-0.4, -0.2) is 29.7 Å². The Balaban J connectivity index is 1.79. The Morgan fingerprint density at radius 3 is 2.82 bits per heavy atom. The molecule has 3 rings (SSSR count). The molecule has 1 aliphatic rings. The van der Waals surface area contributed by atoms with Gasteiger partial charge in [0.05, 0.1) is 5.02 Å². The number of hydrogen-bond acceptors (Lipinski definition) is 3. The lowest BCUT2D eigenvalue weighted by Gasteiger charge is -2.37. The van der Waals surface area contributed by atoms with Crippen LogP contribution in [0.2, 0.25) is 5.02 Å². The molecule has 0 bridgehead atoms. The summed E-state index contributed by atoms with van der Waals surface area (Å²) in [6.45, 7) is 3.19. The van der Waals surface area contributed by atoms with Gasteiger partial charge in [-0.15, -0.1) is 11.3 Å². The zero-order chi connectivity index (χ0) is 11.8. The molecule has 0 unspecified atom stereocenters. The van der Waals surface area contributed by atoms with E-state index in [1.54, 1.807) is 11.3 Å². The van der Waals surface area contributed by atoms with Crippen molar-refractivity contribution >= 4 is 33.0 Å². The standard InChI is InChI=1S/C13H14ClNOS/c14-13-10-3-1-2-4-11(10)17-12(13)7-15-5-9(6-15)8-16/h1-4,9,16H,5-8H2. The van der Waals surface area contributed by atoms with Crippen molar-refractivity contribution in [1.82, 2.24) is 4.90 Å². The summed E-state index contributed by atoms with van der Waals surface area (Å²) in [5.41, 5.74) is 0. The molecule has 90 valence electrons. The highest BCUT2D eigenvalue weighted by molar-refractivity contribution is 7.19. The average Bonchev–Trinajstić information content (AvgIpc) is 2.61. The molecule has 2 aromatic rings. The Bertz CT molecular complexity index is 533. The second-order valence-corrected chi connectivity index (χ2v) is 6.09. The zero-order valence-electron chi connectivity index (χ0n) is 9.40. The van der Waals surface area contributed by atoms with Gasteiger partial charge in [0.25, 0.3) is 0 Å². The number of thiophene rings is 1. The molecule has 2 heterocycles. The fourth-order valence-corrected chi connectivity index (χ4v) is 3.83. The number of rotatable bonds is 3. The minimum absolute atomic E-state index is 0.302. The topological polar surface area (TPSA) is 23.5 Å². The Labute approximate surface area is 109 Å². The monoisotopic (exact) mass is 267 g/mol. The second kappa shape index (κ2) is 4.58. The molecule has 0 radical (unpaired) electrons. The molecular weight excluding hydrogens is 254 g/mol. The van der Waals surface area contributed by atoms with Gasteiger partial charge in [-0.2, -0.15) is 0 Å². The largest absolute Gasteiger partial charge is 0.396 e. The van der Waals surface area contributed by atoms with E-state index in [1.165, 1.54) is 9.58 Å². The molecule has 17 heavy (non-hydrogen) atoms. The summed E-state index contributed by atoms with van der Waals surface area (Å²) in [5, 5.41) is 11.1. The lowest BCUT2D eigenvalue weighted by Crippen LogP contribution is -2.47. The van der Waals surface area contributed by atoms with E-state index in [-0.39, 0.29) is 0 Å². The third-order valence-corrected chi connectivity index (χ3v) is 4.96.